The lowest BCUT2D eigenvalue weighted by Crippen LogP contribution is -2.57. The van der Waals surface area contributed by atoms with Gasteiger partial charge in [-0.05, 0) is 49.7 Å². The number of alkyl halides is 3. The van der Waals surface area contributed by atoms with E-state index in [1.54, 1.807) is 32.0 Å². The normalized spacial score (nSPS) is 20.0. The number of benzene rings is 2. The van der Waals surface area contributed by atoms with E-state index in [-0.39, 0.29) is 24.1 Å². The second kappa shape index (κ2) is 11.2. The van der Waals surface area contributed by atoms with E-state index in [2.05, 4.69) is 5.32 Å². The smallest absolute Gasteiger partial charge is 0.416 e. The first-order valence-corrected chi connectivity index (χ1v) is 12.3. The standard InChI is InChI=1S/C26H29F3N4O5/c1-3-37-20-14-16(8-9-19(20)34)22-21(24(36)38-4-2)23(35)31-25(30-22)33-12-10-32(11-13-33)18-7-5-6-17(15-18)26(27,28)29/h5-9,14-15,21-22,34H,3-4,10-13H2,1-2H3,(H,30,31,35)/t21-,22-/m0/s1. The summed E-state index contributed by atoms with van der Waals surface area (Å²) in [7, 11) is 0. The lowest BCUT2D eigenvalue weighted by atomic mass is 9.91. The van der Waals surface area contributed by atoms with E-state index in [1.165, 1.54) is 12.1 Å². The number of esters is 1. The van der Waals surface area contributed by atoms with Gasteiger partial charge in [0.05, 0.1) is 18.8 Å². The van der Waals surface area contributed by atoms with Crippen LogP contribution in [-0.2, 0) is 20.5 Å². The Morgan fingerprint density at radius 1 is 1.08 bits per heavy atom. The van der Waals surface area contributed by atoms with Crippen LogP contribution in [0.15, 0.2) is 47.5 Å². The highest BCUT2D eigenvalue weighted by Crippen LogP contribution is 2.36. The molecule has 0 radical (unpaired) electrons. The van der Waals surface area contributed by atoms with Gasteiger partial charge in [-0.2, -0.15) is 13.2 Å². The SMILES string of the molecule is CCOC(=O)[C@@H]1C(=O)NC(N2CCN(c3cccc(C(F)(F)F)c3)CC2)=N[C@H]1c1ccc(O)c(OCC)c1. The van der Waals surface area contributed by atoms with E-state index in [4.69, 9.17) is 14.5 Å². The second-order valence-corrected chi connectivity index (χ2v) is 8.80. The van der Waals surface area contributed by atoms with Crippen LogP contribution in [0.1, 0.15) is 31.0 Å². The van der Waals surface area contributed by atoms with E-state index in [0.717, 1.165) is 12.1 Å². The third kappa shape index (κ3) is 5.79. The number of aliphatic imine (C=N–C) groups is 1. The van der Waals surface area contributed by atoms with Crippen molar-refractivity contribution in [3.63, 3.8) is 0 Å². The van der Waals surface area contributed by atoms with Gasteiger partial charge in [-0.3, -0.25) is 14.9 Å². The number of aromatic hydroxyl groups is 1. The quantitative estimate of drug-likeness (QED) is 0.433. The van der Waals surface area contributed by atoms with Crippen molar-refractivity contribution in [2.24, 2.45) is 10.9 Å². The van der Waals surface area contributed by atoms with E-state index in [1.807, 2.05) is 9.80 Å². The summed E-state index contributed by atoms with van der Waals surface area (Å²) in [6.07, 6.45) is -4.43. The number of carbonyl (C=O) groups excluding carboxylic acids is 2. The fourth-order valence-electron chi connectivity index (χ4n) is 4.51. The molecule has 2 atom stereocenters. The monoisotopic (exact) mass is 534 g/mol. The van der Waals surface area contributed by atoms with Crippen molar-refractivity contribution in [1.29, 1.82) is 0 Å². The summed E-state index contributed by atoms with van der Waals surface area (Å²) in [6, 6.07) is 8.76. The van der Waals surface area contributed by atoms with Gasteiger partial charge in [-0.1, -0.05) is 12.1 Å². The number of rotatable bonds is 6. The summed E-state index contributed by atoms with van der Waals surface area (Å²) in [5.74, 6) is -2.18. The molecule has 0 spiro atoms. The minimum Gasteiger partial charge on any atom is -0.504 e. The Morgan fingerprint density at radius 3 is 2.45 bits per heavy atom. The fraction of sp³-hybridized carbons (Fsp3) is 0.423. The maximum absolute atomic E-state index is 13.1. The molecule has 12 heteroatoms. The molecule has 0 bridgehead atoms. The molecule has 204 valence electrons. The molecule has 2 N–H and O–H groups in total. The summed E-state index contributed by atoms with van der Waals surface area (Å²) in [6.45, 7) is 5.34. The van der Waals surface area contributed by atoms with Crippen molar-refractivity contribution in [2.45, 2.75) is 26.1 Å². The molecule has 1 amide bonds. The van der Waals surface area contributed by atoms with E-state index < -0.39 is 35.6 Å². The molecule has 2 aliphatic rings. The first-order valence-electron chi connectivity index (χ1n) is 12.3. The van der Waals surface area contributed by atoms with Gasteiger partial charge in [0.15, 0.2) is 17.4 Å². The van der Waals surface area contributed by atoms with Crippen molar-refractivity contribution in [3.05, 3.63) is 53.6 Å². The van der Waals surface area contributed by atoms with E-state index in [0.29, 0.717) is 44.0 Å². The van der Waals surface area contributed by atoms with Crippen LogP contribution in [-0.4, -0.2) is 67.2 Å². The molecule has 0 saturated carbocycles. The van der Waals surface area contributed by atoms with Crippen molar-refractivity contribution >= 4 is 23.5 Å². The Hall–Kier alpha value is -3.96. The highest BCUT2D eigenvalue weighted by atomic mass is 19.4. The molecule has 2 aromatic rings. The molecule has 0 aromatic heterocycles. The van der Waals surface area contributed by atoms with Crippen molar-refractivity contribution in [3.8, 4) is 11.5 Å². The van der Waals surface area contributed by atoms with Crippen LogP contribution < -0.4 is 15.0 Å². The number of phenols is 1. The van der Waals surface area contributed by atoms with E-state index in [9.17, 15) is 27.9 Å². The van der Waals surface area contributed by atoms with Gasteiger partial charge in [0.25, 0.3) is 0 Å². The average Bonchev–Trinajstić information content (AvgIpc) is 2.89. The number of amides is 1. The Balaban J connectivity index is 1.58. The van der Waals surface area contributed by atoms with Crippen LogP contribution >= 0.6 is 0 Å². The van der Waals surface area contributed by atoms with Gasteiger partial charge < -0.3 is 24.4 Å². The molecule has 38 heavy (non-hydrogen) atoms. The number of nitrogens with zero attached hydrogens (tertiary/aromatic N) is 3. The lowest BCUT2D eigenvalue weighted by molar-refractivity contribution is -0.153. The molecular weight excluding hydrogens is 505 g/mol. The van der Waals surface area contributed by atoms with Crippen LogP contribution in [0.25, 0.3) is 0 Å². The zero-order valence-corrected chi connectivity index (χ0v) is 21.0. The maximum atomic E-state index is 13.1. The predicted molar refractivity (Wildman–Crippen MR) is 133 cm³/mol. The third-order valence-corrected chi connectivity index (χ3v) is 6.38. The Kier molecular flexibility index (Phi) is 7.98. The zero-order chi connectivity index (χ0) is 27.4. The molecule has 2 aromatic carbocycles. The summed E-state index contributed by atoms with van der Waals surface area (Å²) in [4.78, 5) is 34.2. The topological polar surface area (TPSA) is 104 Å². The maximum Gasteiger partial charge on any atom is 0.416 e. The molecular formula is C26H29F3N4O5. The molecule has 1 saturated heterocycles. The highest BCUT2D eigenvalue weighted by Gasteiger charge is 2.42. The fourth-order valence-corrected chi connectivity index (χ4v) is 4.51. The number of piperazine rings is 1. The van der Waals surface area contributed by atoms with Crippen LogP contribution in [0.3, 0.4) is 0 Å². The number of nitrogens with one attached hydrogen (secondary N) is 1. The van der Waals surface area contributed by atoms with Crippen LogP contribution in [0, 0.1) is 5.92 Å². The van der Waals surface area contributed by atoms with Gasteiger partial charge in [0, 0.05) is 31.9 Å². The predicted octanol–water partition coefficient (Wildman–Crippen LogP) is 3.34. The highest BCUT2D eigenvalue weighted by molar-refractivity contribution is 6.08. The molecule has 9 nitrogen and oxygen atoms in total. The number of hydrogen-bond donors (Lipinski definition) is 2. The number of halogens is 3. The minimum absolute atomic E-state index is 0.0848. The molecule has 4 rings (SSSR count). The zero-order valence-electron chi connectivity index (χ0n) is 21.0. The molecule has 2 heterocycles. The van der Waals surface area contributed by atoms with Gasteiger partial charge in [0.2, 0.25) is 11.9 Å². The summed E-state index contributed by atoms with van der Waals surface area (Å²) >= 11 is 0. The summed E-state index contributed by atoms with van der Waals surface area (Å²) < 4.78 is 50.0. The number of guanidine groups is 1. The summed E-state index contributed by atoms with van der Waals surface area (Å²) in [5.41, 5.74) is 0.232. The largest absolute Gasteiger partial charge is 0.504 e. The lowest BCUT2D eigenvalue weighted by Gasteiger charge is -2.39. The van der Waals surface area contributed by atoms with Crippen molar-refractivity contribution < 1.29 is 37.3 Å². The number of ether oxygens (including phenoxy) is 2. The molecule has 0 aliphatic carbocycles. The number of anilines is 1. The second-order valence-electron chi connectivity index (χ2n) is 8.80. The first-order chi connectivity index (χ1) is 18.1. The Labute approximate surface area is 217 Å². The van der Waals surface area contributed by atoms with E-state index >= 15 is 0 Å². The van der Waals surface area contributed by atoms with Crippen LogP contribution in [0.2, 0.25) is 0 Å². The average molecular weight is 535 g/mol. The van der Waals surface area contributed by atoms with Gasteiger partial charge in [-0.15, -0.1) is 0 Å². The number of phenolic OH excluding ortho intramolecular Hbond substituents is 1. The van der Waals surface area contributed by atoms with Crippen LogP contribution in [0.5, 0.6) is 11.5 Å². The van der Waals surface area contributed by atoms with Gasteiger partial charge >= 0.3 is 12.1 Å². The first kappa shape index (κ1) is 27.1. The molecule has 2 aliphatic heterocycles. The third-order valence-electron chi connectivity index (χ3n) is 6.38. The van der Waals surface area contributed by atoms with Crippen LogP contribution in [0.4, 0.5) is 18.9 Å². The molecule has 1 fully saturated rings. The minimum atomic E-state index is -4.43. The molecule has 0 unspecified atom stereocenters. The van der Waals surface area contributed by atoms with Gasteiger partial charge in [0.1, 0.15) is 6.04 Å². The summed E-state index contributed by atoms with van der Waals surface area (Å²) in [5, 5.41) is 12.8. The van der Waals surface area contributed by atoms with Crippen molar-refractivity contribution in [2.75, 3.05) is 44.3 Å². The number of hydrogen-bond acceptors (Lipinski definition) is 8. The Morgan fingerprint density at radius 2 is 1.79 bits per heavy atom. The van der Waals surface area contributed by atoms with Crippen molar-refractivity contribution in [1.82, 2.24) is 10.2 Å². The van der Waals surface area contributed by atoms with Gasteiger partial charge in [-0.25, -0.2) is 4.99 Å². The Bertz CT molecular complexity index is 1210. The number of carbonyl (C=O) groups is 2.